The Kier molecular flexibility index (Phi) is 5.11. The molecule has 0 radical (unpaired) electrons. The van der Waals surface area contributed by atoms with Crippen molar-refractivity contribution in [1.29, 1.82) is 0 Å². The number of amides is 1. The second kappa shape index (κ2) is 7.36. The van der Waals surface area contributed by atoms with Crippen molar-refractivity contribution in [3.63, 3.8) is 0 Å². The van der Waals surface area contributed by atoms with Crippen LogP contribution >= 0.6 is 11.3 Å². The van der Waals surface area contributed by atoms with Crippen LogP contribution in [0.5, 0.6) is 0 Å². The molecular weight excluding hydrogens is 441 g/mol. The van der Waals surface area contributed by atoms with Gasteiger partial charge in [0.15, 0.2) is 17.5 Å². The Morgan fingerprint density at radius 1 is 1.10 bits per heavy atom. The minimum absolute atomic E-state index is 0.0853. The molecule has 0 bridgehead atoms. The van der Waals surface area contributed by atoms with Crippen LogP contribution in [0.3, 0.4) is 0 Å². The number of halogens is 3. The summed E-state index contributed by atoms with van der Waals surface area (Å²) in [5.41, 5.74) is 0.812. The number of fused-ring (bicyclic) bond motifs is 1. The third-order valence-electron chi connectivity index (χ3n) is 5.05. The lowest BCUT2D eigenvalue weighted by molar-refractivity contribution is 0.0702. The van der Waals surface area contributed by atoms with Gasteiger partial charge in [-0.3, -0.25) is 9.48 Å². The standard InChI is InChI=1S/C18H17F3N4O3S2/c1-10-11-9-13(29-18(11)23(2)22-10)17(26)24-5-7-25(8-6-24)30(27,28)14-4-3-12(19)15(20)16(14)21/h3-4,9H,5-8H2,1-2H3. The molecule has 0 atom stereocenters. The monoisotopic (exact) mass is 458 g/mol. The van der Waals surface area contributed by atoms with Crippen molar-refractivity contribution in [2.24, 2.45) is 7.05 Å². The molecule has 3 heterocycles. The van der Waals surface area contributed by atoms with Crippen LogP contribution in [0.25, 0.3) is 10.2 Å². The summed E-state index contributed by atoms with van der Waals surface area (Å²) in [6, 6.07) is 3.04. The van der Waals surface area contributed by atoms with Crippen LogP contribution in [0.1, 0.15) is 15.4 Å². The van der Waals surface area contributed by atoms with Gasteiger partial charge in [0.05, 0.1) is 10.6 Å². The molecule has 1 amide bonds. The number of aromatic nitrogens is 2. The number of thiophene rings is 1. The normalized spacial score (nSPS) is 15.8. The number of benzene rings is 1. The second-order valence-electron chi connectivity index (χ2n) is 6.91. The molecule has 2 aromatic heterocycles. The molecule has 1 aromatic carbocycles. The SMILES string of the molecule is Cc1nn(C)c2sc(C(=O)N3CCN(S(=O)(=O)c4ccc(F)c(F)c4F)CC3)cc12. The summed E-state index contributed by atoms with van der Waals surface area (Å²) in [5.74, 6) is -5.27. The van der Waals surface area contributed by atoms with E-state index in [2.05, 4.69) is 5.10 Å². The van der Waals surface area contributed by atoms with Crippen molar-refractivity contribution in [1.82, 2.24) is 19.0 Å². The lowest BCUT2D eigenvalue weighted by Crippen LogP contribution is -2.50. The minimum atomic E-state index is -4.36. The van der Waals surface area contributed by atoms with Crippen molar-refractivity contribution in [2.75, 3.05) is 26.2 Å². The second-order valence-corrected chi connectivity index (χ2v) is 9.85. The van der Waals surface area contributed by atoms with E-state index >= 15 is 0 Å². The van der Waals surface area contributed by atoms with Gasteiger partial charge in [0.1, 0.15) is 9.73 Å². The van der Waals surface area contributed by atoms with E-state index in [0.29, 0.717) is 17.0 Å². The number of nitrogens with zero attached hydrogens (tertiary/aromatic N) is 4. The molecule has 7 nitrogen and oxygen atoms in total. The quantitative estimate of drug-likeness (QED) is 0.566. The third kappa shape index (κ3) is 3.28. The summed E-state index contributed by atoms with van der Waals surface area (Å²) >= 11 is 1.31. The zero-order valence-electron chi connectivity index (χ0n) is 16.0. The third-order valence-corrected chi connectivity index (χ3v) is 8.16. The molecule has 1 saturated heterocycles. The van der Waals surface area contributed by atoms with E-state index in [1.165, 1.54) is 16.2 Å². The van der Waals surface area contributed by atoms with Gasteiger partial charge in [0.2, 0.25) is 10.0 Å². The van der Waals surface area contributed by atoms with Crippen molar-refractivity contribution >= 4 is 37.5 Å². The number of piperazine rings is 1. The Bertz CT molecular complexity index is 1230. The van der Waals surface area contributed by atoms with Gasteiger partial charge in [-0.05, 0) is 25.1 Å². The van der Waals surface area contributed by atoms with Crippen LogP contribution in [0.4, 0.5) is 13.2 Å². The lowest BCUT2D eigenvalue weighted by Gasteiger charge is -2.33. The smallest absolute Gasteiger partial charge is 0.264 e. The zero-order chi connectivity index (χ0) is 21.8. The number of carbonyl (C=O) groups excluding carboxylic acids is 1. The molecule has 3 aromatic rings. The summed E-state index contributed by atoms with van der Waals surface area (Å²) in [4.78, 5) is 14.8. The van der Waals surface area contributed by atoms with E-state index in [-0.39, 0.29) is 32.1 Å². The van der Waals surface area contributed by atoms with Gasteiger partial charge in [-0.2, -0.15) is 9.40 Å². The summed E-state index contributed by atoms with van der Waals surface area (Å²) < 4.78 is 68.6. The van der Waals surface area contributed by atoms with Gasteiger partial charge in [-0.25, -0.2) is 21.6 Å². The lowest BCUT2D eigenvalue weighted by atomic mass is 10.3. The van der Waals surface area contributed by atoms with Gasteiger partial charge < -0.3 is 4.90 Å². The average Bonchev–Trinajstić information content (AvgIpc) is 3.27. The number of hydrogen-bond acceptors (Lipinski definition) is 5. The molecule has 0 N–H and O–H groups in total. The zero-order valence-corrected chi connectivity index (χ0v) is 17.7. The highest BCUT2D eigenvalue weighted by atomic mass is 32.2. The maximum absolute atomic E-state index is 14.0. The average molecular weight is 458 g/mol. The summed E-state index contributed by atoms with van der Waals surface area (Å²) in [6.07, 6.45) is 0. The molecular formula is C18H17F3N4O3S2. The van der Waals surface area contributed by atoms with Gasteiger partial charge in [-0.15, -0.1) is 11.3 Å². The Hall–Kier alpha value is -2.44. The van der Waals surface area contributed by atoms with Gasteiger partial charge in [0, 0.05) is 38.6 Å². The van der Waals surface area contributed by atoms with Crippen molar-refractivity contribution in [3.05, 3.63) is 46.2 Å². The minimum Gasteiger partial charge on any atom is -0.335 e. The summed E-state index contributed by atoms with van der Waals surface area (Å²) in [7, 11) is -2.57. The van der Waals surface area contributed by atoms with Crippen molar-refractivity contribution < 1.29 is 26.4 Å². The van der Waals surface area contributed by atoms with Crippen molar-refractivity contribution in [2.45, 2.75) is 11.8 Å². The molecule has 0 spiro atoms. The summed E-state index contributed by atoms with van der Waals surface area (Å²) in [5, 5.41) is 5.19. The van der Waals surface area contributed by atoms with Gasteiger partial charge in [0.25, 0.3) is 5.91 Å². The first-order valence-corrected chi connectivity index (χ1v) is 11.2. The van der Waals surface area contributed by atoms with Crippen LogP contribution < -0.4 is 0 Å². The van der Waals surface area contributed by atoms with Crippen LogP contribution in [-0.2, 0) is 17.1 Å². The number of rotatable bonds is 3. The topological polar surface area (TPSA) is 75.5 Å². The molecule has 160 valence electrons. The Morgan fingerprint density at radius 3 is 2.40 bits per heavy atom. The Balaban J connectivity index is 1.51. The fourth-order valence-electron chi connectivity index (χ4n) is 3.44. The van der Waals surface area contributed by atoms with E-state index in [1.807, 2.05) is 6.92 Å². The highest BCUT2D eigenvalue weighted by Crippen LogP contribution is 2.29. The predicted octanol–water partition coefficient (Wildman–Crippen LogP) is 2.51. The van der Waals surface area contributed by atoms with Gasteiger partial charge >= 0.3 is 0 Å². The maximum atomic E-state index is 14.0. The van der Waals surface area contributed by atoms with Gasteiger partial charge in [-0.1, -0.05) is 0 Å². The molecule has 1 aliphatic heterocycles. The highest BCUT2D eigenvalue weighted by Gasteiger charge is 2.34. The first kappa shape index (κ1) is 20.8. The van der Waals surface area contributed by atoms with E-state index < -0.39 is 32.4 Å². The van der Waals surface area contributed by atoms with Crippen LogP contribution in [0.2, 0.25) is 0 Å². The summed E-state index contributed by atoms with van der Waals surface area (Å²) in [6.45, 7) is 1.87. The molecule has 30 heavy (non-hydrogen) atoms. The molecule has 0 saturated carbocycles. The van der Waals surface area contributed by atoms with E-state index in [1.54, 1.807) is 17.8 Å². The number of aryl methyl sites for hydroxylation is 2. The molecule has 12 heteroatoms. The maximum Gasteiger partial charge on any atom is 0.264 e. The largest absolute Gasteiger partial charge is 0.335 e. The van der Waals surface area contributed by atoms with E-state index in [9.17, 15) is 26.4 Å². The number of sulfonamides is 1. The highest BCUT2D eigenvalue weighted by molar-refractivity contribution is 7.89. The first-order valence-electron chi connectivity index (χ1n) is 8.97. The molecule has 4 rings (SSSR count). The molecule has 0 unspecified atom stereocenters. The van der Waals surface area contributed by atoms with Crippen LogP contribution in [-0.4, -0.2) is 59.5 Å². The number of hydrogen-bond donors (Lipinski definition) is 0. The van der Waals surface area contributed by atoms with Crippen LogP contribution in [0.15, 0.2) is 23.1 Å². The molecule has 1 aliphatic rings. The van der Waals surface area contributed by atoms with E-state index in [4.69, 9.17) is 0 Å². The molecule has 0 aliphatic carbocycles. The molecule has 1 fully saturated rings. The Morgan fingerprint density at radius 2 is 1.77 bits per heavy atom. The Labute approximate surface area is 174 Å². The van der Waals surface area contributed by atoms with E-state index in [0.717, 1.165) is 20.2 Å². The fourth-order valence-corrected chi connectivity index (χ4v) is 6.01. The van der Waals surface area contributed by atoms with Crippen molar-refractivity contribution in [3.8, 4) is 0 Å². The van der Waals surface area contributed by atoms with Crippen LogP contribution in [0, 0.1) is 24.4 Å². The fraction of sp³-hybridized carbons (Fsp3) is 0.333. The predicted molar refractivity (Wildman–Crippen MR) is 104 cm³/mol. The number of carbonyl (C=O) groups is 1. The first-order chi connectivity index (χ1) is 14.1.